The van der Waals surface area contributed by atoms with Gasteiger partial charge in [-0.15, -0.1) is 0 Å². The second kappa shape index (κ2) is 5.65. The van der Waals surface area contributed by atoms with Gasteiger partial charge in [-0.2, -0.15) is 0 Å². The van der Waals surface area contributed by atoms with Gasteiger partial charge < -0.3 is 19.5 Å². The number of allylic oxidation sites excluding steroid dienone is 1. The van der Waals surface area contributed by atoms with Crippen molar-refractivity contribution in [2.75, 3.05) is 12.3 Å². The Balaban J connectivity index is 1.55. The lowest BCUT2D eigenvalue weighted by Crippen LogP contribution is -2.45. The van der Waals surface area contributed by atoms with E-state index in [-0.39, 0.29) is 47.1 Å². The van der Waals surface area contributed by atoms with E-state index in [9.17, 15) is 28.2 Å². The van der Waals surface area contributed by atoms with E-state index >= 15 is 0 Å². The fourth-order valence-electron chi connectivity index (χ4n) is 6.79. The standard InChI is InChI=1S/C24H21NO7S/c1-23-4-2-3-11-10-32-20(17(11)23)18(27)12-7-13-15(8-14(12)23)24(29)9-16(26)25-5-6-33(30,31)21(19(13)28)22(24)25/h7-8,10,16,26,29H,2-6,9H2,1H3. The van der Waals surface area contributed by atoms with Gasteiger partial charge in [0, 0.05) is 40.6 Å². The summed E-state index contributed by atoms with van der Waals surface area (Å²) in [7, 11) is -3.95. The molecule has 0 radical (unpaired) electrons. The topological polar surface area (TPSA) is 125 Å². The predicted octanol–water partition coefficient (Wildman–Crippen LogP) is 1.51. The molecule has 3 heterocycles. The molecule has 3 aliphatic carbocycles. The van der Waals surface area contributed by atoms with Crippen LogP contribution in [-0.2, 0) is 27.3 Å². The molecule has 2 aliphatic heterocycles. The van der Waals surface area contributed by atoms with Crippen LogP contribution in [0.3, 0.4) is 0 Å². The zero-order valence-electron chi connectivity index (χ0n) is 17.8. The van der Waals surface area contributed by atoms with E-state index in [4.69, 9.17) is 4.42 Å². The number of aryl methyl sites for hydroxylation is 1. The number of hydrogen-bond donors (Lipinski definition) is 2. The molecule has 2 N–H and O–H groups in total. The molecule has 33 heavy (non-hydrogen) atoms. The number of sulfone groups is 1. The number of Topliss-reactive ketones (excluding diaryl/α,β-unsaturated/α-hetero) is 1. The lowest BCUT2D eigenvalue weighted by Gasteiger charge is -2.42. The lowest BCUT2D eigenvalue weighted by atomic mass is 9.61. The Morgan fingerprint density at radius 2 is 1.91 bits per heavy atom. The zero-order valence-corrected chi connectivity index (χ0v) is 18.7. The van der Waals surface area contributed by atoms with Gasteiger partial charge in [0.25, 0.3) is 0 Å². The van der Waals surface area contributed by atoms with E-state index < -0.39 is 37.8 Å². The van der Waals surface area contributed by atoms with Crippen molar-refractivity contribution in [2.45, 2.75) is 49.9 Å². The summed E-state index contributed by atoms with van der Waals surface area (Å²) in [6, 6.07) is 3.13. The molecule has 1 fully saturated rings. The average molecular weight is 467 g/mol. The van der Waals surface area contributed by atoms with Crippen LogP contribution in [0.25, 0.3) is 0 Å². The molecule has 0 amide bonds. The fourth-order valence-corrected chi connectivity index (χ4v) is 8.40. The molecule has 2 aromatic rings. The Hall–Kier alpha value is -2.75. The predicted molar refractivity (Wildman–Crippen MR) is 114 cm³/mol. The third-order valence-corrected chi connectivity index (χ3v) is 10.0. The molecule has 0 spiro atoms. The number of fused-ring (bicyclic) bond motifs is 4. The van der Waals surface area contributed by atoms with Gasteiger partial charge in [-0.25, -0.2) is 8.42 Å². The van der Waals surface area contributed by atoms with Gasteiger partial charge in [-0.1, -0.05) is 13.0 Å². The Labute approximate surface area is 189 Å². The summed E-state index contributed by atoms with van der Waals surface area (Å²) < 4.78 is 31.5. The molecule has 1 saturated heterocycles. The van der Waals surface area contributed by atoms with Gasteiger partial charge in [0.1, 0.15) is 16.7 Å². The first-order valence-corrected chi connectivity index (χ1v) is 12.8. The molecule has 1 aromatic carbocycles. The van der Waals surface area contributed by atoms with Crippen molar-refractivity contribution in [1.29, 1.82) is 0 Å². The molecule has 8 nitrogen and oxygen atoms in total. The third kappa shape index (κ3) is 2.08. The van der Waals surface area contributed by atoms with E-state index in [1.165, 1.54) is 11.0 Å². The van der Waals surface area contributed by atoms with Gasteiger partial charge >= 0.3 is 0 Å². The quantitative estimate of drug-likeness (QED) is 0.597. The molecular formula is C24H21NO7S. The molecule has 5 aliphatic rings. The molecule has 0 saturated carbocycles. The molecule has 9 heteroatoms. The van der Waals surface area contributed by atoms with Crippen LogP contribution in [0.4, 0.5) is 0 Å². The Morgan fingerprint density at radius 3 is 2.70 bits per heavy atom. The maximum absolute atomic E-state index is 13.5. The van der Waals surface area contributed by atoms with Crippen LogP contribution in [0.1, 0.15) is 74.9 Å². The van der Waals surface area contributed by atoms with Gasteiger partial charge in [0.15, 0.2) is 15.6 Å². The number of hydrogen-bond acceptors (Lipinski definition) is 8. The van der Waals surface area contributed by atoms with Crippen molar-refractivity contribution >= 4 is 21.4 Å². The minimum Gasteiger partial charge on any atom is -0.460 e. The number of benzene rings is 1. The number of nitrogens with zero attached hydrogens (tertiary/aromatic N) is 1. The summed E-state index contributed by atoms with van der Waals surface area (Å²) in [6.07, 6.45) is 2.87. The number of aliphatic hydroxyl groups is 2. The minimum absolute atomic E-state index is 0.00230. The van der Waals surface area contributed by atoms with Gasteiger partial charge in [0.2, 0.25) is 11.6 Å². The van der Waals surface area contributed by atoms with Crippen molar-refractivity contribution in [2.24, 2.45) is 0 Å². The maximum Gasteiger partial charge on any atom is 0.228 e. The number of ketones is 2. The van der Waals surface area contributed by atoms with Crippen molar-refractivity contribution < 1.29 is 32.6 Å². The highest BCUT2D eigenvalue weighted by Crippen LogP contribution is 2.56. The molecule has 7 rings (SSSR count). The first-order chi connectivity index (χ1) is 15.6. The summed E-state index contributed by atoms with van der Waals surface area (Å²) in [5.74, 6) is -1.12. The average Bonchev–Trinajstić information content (AvgIpc) is 3.31. The molecule has 1 aromatic heterocycles. The van der Waals surface area contributed by atoms with Crippen LogP contribution in [0.15, 0.2) is 33.4 Å². The third-order valence-electron chi connectivity index (χ3n) is 8.29. The van der Waals surface area contributed by atoms with Crippen molar-refractivity contribution in [1.82, 2.24) is 4.90 Å². The highest BCUT2D eigenvalue weighted by atomic mass is 32.2. The highest BCUT2D eigenvalue weighted by molar-refractivity contribution is 7.96. The molecular weight excluding hydrogens is 446 g/mol. The Bertz CT molecular complexity index is 1480. The van der Waals surface area contributed by atoms with E-state index in [2.05, 4.69) is 0 Å². The first-order valence-electron chi connectivity index (χ1n) is 11.1. The minimum atomic E-state index is -3.95. The molecule has 170 valence electrons. The van der Waals surface area contributed by atoms with Gasteiger partial charge in [-0.05, 0) is 36.5 Å². The van der Waals surface area contributed by atoms with Crippen molar-refractivity contribution in [3.05, 3.63) is 68.1 Å². The van der Waals surface area contributed by atoms with Gasteiger partial charge in [0.05, 0.1) is 17.7 Å². The monoisotopic (exact) mass is 467 g/mol. The van der Waals surface area contributed by atoms with Gasteiger partial charge in [-0.3, -0.25) is 9.59 Å². The normalized spacial score (nSPS) is 32.9. The second-order valence-corrected chi connectivity index (χ2v) is 12.0. The van der Waals surface area contributed by atoms with Crippen LogP contribution in [0, 0.1) is 0 Å². The molecule has 3 atom stereocenters. The lowest BCUT2D eigenvalue weighted by molar-refractivity contribution is 0.0340. The second-order valence-electron chi connectivity index (χ2n) is 9.99. The summed E-state index contributed by atoms with van der Waals surface area (Å²) >= 11 is 0. The Kier molecular flexibility index (Phi) is 3.37. The van der Waals surface area contributed by atoms with Crippen LogP contribution in [-0.4, -0.2) is 53.6 Å². The molecule has 3 unspecified atom stereocenters. The maximum atomic E-state index is 13.5. The smallest absolute Gasteiger partial charge is 0.228 e. The zero-order chi connectivity index (χ0) is 23.1. The summed E-state index contributed by atoms with van der Waals surface area (Å²) in [4.78, 5) is 27.9. The number of carbonyl (C=O) groups is 2. The fraction of sp³-hybridized carbons (Fsp3) is 0.417. The van der Waals surface area contributed by atoms with Crippen molar-refractivity contribution in [3.8, 4) is 0 Å². The largest absolute Gasteiger partial charge is 0.460 e. The molecule has 0 bridgehead atoms. The van der Waals surface area contributed by atoms with E-state index in [1.807, 2.05) is 6.92 Å². The van der Waals surface area contributed by atoms with E-state index in [0.29, 0.717) is 11.1 Å². The van der Waals surface area contributed by atoms with Crippen LogP contribution >= 0.6 is 0 Å². The number of rotatable bonds is 0. The van der Waals surface area contributed by atoms with E-state index in [1.54, 1.807) is 12.3 Å². The summed E-state index contributed by atoms with van der Waals surface area (Å²) in [6.45, 7) is 2.05. The highest BCUT2D eigenvalue weighted by Gasteiger charge is 2.59. The number of aliphatic hydroxyl groups excluding tert-OH is 1. The summed E-state index contributed by atoms with van der Waals surface area (Å²) in [5.41, 5.74) is 0.749. The number of furan rings is 1. The van der Waals surface area contributed by atoms with Crippen LogP contribution in [0.2, 0.25) is 0 Å². The van der Waals surface area contributed by atoms with Crippen LogP contribution < -0.4 is 0 Å². The number of carbonyl (C=O) groups excluding carboxylic acids is 2. The van der Waals surface area contributed by atoms with Crippen molar-refractivity contribution in [3.63, 3.8) is 0 Å². The first kappa shape index (κ1) is 19.7. The Morgan fingerprint density at radius 1 is 1.15 bits per heavy atom. The van der Waals surface area contributed by atoms with Crippen LogP contribution in [0.5, 0.6) is 0 Å². The SMILES string of the molecule is CC12CCCc3coc(c31)C(=O)c1cc3c(cc12)C1(O)CC(O)N2CCS(=O)(=O)C(=C21)C3=O. The summed E-state index contributed by atoms with van der Waals surface area (Å²) in [5, 5.41) is 22.5. The van der Waals surface area contributed by atoms with E-state index in [0.717, 1.165) is 30.4 Å².